The number of aliphatic carboxylic acids is 1. The molecule has 1 N–H and O–H groups in total. The van der Waals surface area contributed by atoms with Crippen LogP contribution < -0.4 is 9.47 Å². The van der Waals surface area contributed by atoms with Gasteiger partial charge >= 0.3 is 5.97 Å². The lowest BCUT2D eigenvalue weighted by Gasteiger charge is -2.39. The average Bonchev–Trinajstić information content (AvgIpc) is 2.55. The van der Waals surface area contributed by atoms with Crippen LogP contribution in [0.3, 0.4) is 0 Å². The van der Waals surface area contributed by atoms with Gasteiger partial charge in [-0.2, -0.15) is 0 Å². The second-order valence-corrected chi connectivity index (χ2v) is 5.47. The van der Waals surface area contributed by atoms with Gasteiger partial charge in [0.15, 0.2) is 18.1 Å². The summed E-state index contributed by atoms with van der Waals surface area (Å²) in [6, 6.07) is 4.72. The predicted octanol–water partition coefficient (Wildman–Crippen LogP) is 1.04. The second-order valence-electron chi connectivity index (χ2n) is 5.47. The molecule has 1 aliphatic rings. The van der Waals surface area contributed by atoms with Crippen molar-refractivity contribution in [1.82, 2.24) is 4.90 Å². The predicted molar refractivity (Wildman–Crippen MR) is 88.3 cm³/mol. The molecule has 0 atom stereocenters. The molecule has 0 radical (unpaired) electrons. The third-order valence-electron chi connectivity index (χ3n) is 3.62. The molecule has 1 amide bonds. The lowest BCUT2D eigenvalue weighted by molar-refractivity contribution is -0.139. The molecule has 0 unspecified atom stereocenters. The van der Waals surface area contributed by atoms with Gasteiger partial charge in [0, 0.05) is 25.8 Å². The molecule has 1 aromatic rings. The summed E-state index contributed by atoms with van der Waals surface area (Å²) in [7, 11) is 1.61. The van der Waals surface area contributed by atoms with Crippen molar-refractivity contribution in [2.75, 3.05) is 46.6 Å². The first-order valence-electron chi connectivity index (χ1n) is 8.06. The minimum absolute atomic E-state index is 0.0311. The van der Waals surface area contributed by atoms with Crippen LogP contribution in [0.5, 0.6) is 11.5 Å². The highest BCUT2D eigenvalue weighted by Crippen LogP contribution is 2.29. The normalized spacial score (nSPS) is 14.1. The molecule has 1 aromatic carbocycles. The zero-order valence-corrected chi connectivity index (χ0v) is 14.4. The van der Waals surface area contributed by atoms with E-state index in [0.717, 1.165) is 0 Å². The molecule has 138 valence electrons. The summed E-state index contributed by atoms with van der Waals surface area (Å²) in [5, 5.41) is 8.71. The van der Waals surface area contributed by atoms with E-state index in [1.807, 2.05) is 0 Å². The third-order valence-corrected chi connectivity index (χ3v) is 3.62. The number of nitrogens with zero attached hydrogens (tertiary/aromatic N) is 1. The Morgan fingerprint density at radius 1 is 1.20 bits per heavy atom. The summed E-state index contributed by atoms with van der Waals surface area (Å²) in [5.74, 6) is -0.562. The highest BCUT2D eigenvalue weighted by atomic mass is 16.5. The number of carboxylic acids is 1. The molecule has 25 heavy (non-hydrogen) atoms. The molecule has 8 heteroatoms. The van der Waals surface area contributed by atoms with Crippen LogP contribution in [0.25, 0.3) is 0 Å². The fourth-order valence-electron chi connectivity index (χ4n) is 2.36. The van der Waals surface area contributed by atoms with E-state index in [1.165, 1.54) is 0 Å². The molecule has 2 rings (SSSR count). The Hall–Kier alpha value is -2.32. The van der Waals surface area contributed by atoms with E-state index in [-0.39, 0.29) is 12.0 Å². The van der Waals surface area contributed by atoms with Crippen LogP contribution in [0.15, 0.2) is 18.2 Å². The van der Waals surface area contributed by atoms with Crippen LogP contribution in [0.4, 0.5) is 0 Å². The molecular weight excluding hydrogens is 330 g/mol. The monoisotopic (exact) mass is 353 g/mol. The van der Waals surface area contributed by atoms with Crippen LogP contribution >= 0.6 is 0 Å². The number of carbonyl (C=O) groups is 2. The lowest BCUT2D eigenvalue weighted by atomic mass is 10.1. The molecule has 1 saturated heterocycles. The van der Waals surface area contributed by atoms with E-state index in [4.69, 9.17) is 24.1 Å². The van der Waals surface area contributed by atoms with Gasteiger partial charge in [0.2, 0.25) is 0 Å². The van der Waals surface area contributed by atoms with E-state index < -0.39 is 12.6 Å². The Bertz CT molecular complexity index is 599. The molecule has 1 aliphatic heterocycles. The molecule has 0 saturated carbocycles. The number of methoxy groups -OCH3 is 1. The van der Waals surface area contributed by atoms with Crippen molar-refractivity contribution in [3.05, 3.63) is 23.8 Å². The van der Waals surface area contributed by atoms with E-state index in [0.29, 0.717) is 50.0 Å². The quantitative estimate of drug-likeness (QED) is 0.628. The summed E-state index contributed by atoms with van der Waals surface area (Å²) in [5.41, 5.74) is 0.460. The van der Waals surface area contributed by atoms with E-state index >= 15 is 0 Å². The number of amides is 1. The first kappa shape index (κ1) is 19.0. The molecule has 1 fully saturated rings. The van der Waals surface area contributed by atoms with Crippen LogP contribution in [-0.2, 0) is 14.3 Å². The largest absolute Gasteiger partial charge is 0.490 e. The van der Waals surface area contributed by atoms with E-state index in [2.05, 4.69) is 0 Å². The van der Waals surface area contributed by atoms with Gasteiger partial charge in [0.1, 0.15) is 0 Å². The zero-order chi connectivity index (χ0) is 18.2. The van der Waals surface area contributed by atoms with Crippen molar-refractivity contribution in [3.63, 3.8) is 0 Å². The van der Waals surface area contributed by atoms with Crippen molar-refractivity contribution in [1.29, 1.82) is 0 Å². The van der Waals surface area contributed by atoms with Crippen LogP contribution in [0, 0.1) is 0 Å². The standard InChI is InChI=1S/C17H23NO7/c1-3-23-15-8-12(4-5-14(15)25-11-16(19)20)17(21)18-9-13(10-18)24-7-6-22-2/h4-5,8,13H,3,6-7,9-11H2,1-2H3,(H,19,20). The number of rotatable bonds is 10. The number of ether oxygens (including phenoxy) is 4. The molecule has 8 nitrogen and oxygen atoms in total. The Morgan fingerprint density at radius 2 is 1.96 bits per heavy atom. The van der Waals surface area contributed by atoms with Gasteiger partial charge in [0.25, 0.3) is 5.91 Å². The Kier molecular flexibility index (Phi) is 7.03. The van der Waals surface area contributed by atoms with Crippen molar-refractivity contribution >= 4 is 11.9 Å². The second kappa shape index (κ2) is 9.24. The number of hydrogen-bond acceptors (Lipinski definition) is 6. The number of carbonyl (C=O) groups excluding carboxylic acids is 1. The topological polar surface area (TPSA) is 94.5 Å². The Labute approximate surface area is 146 Å². The minimum atomic E-state index is -1.08. The smallest absolute Gasteiger partial charge is 0.341 e. The highest BCUT2D eigenvalue weighted by molar-refractivity contribution is 5.95. The summed E-state index contributed by atoms with van der Waals surface area (Å²) < 4.78 is 21.1. The molecule has 0 bridgehead atoms. The first-order valence-corrected chi connectivity index (χ1v) is 8.06. The lowest BCUT2D eigenvalue weighted by Crippen LogP contribution is -2.55. The number of hydrogen-bond donors (Lipinski definition) is 1. The Morgan fingerprint density at radius 3 is 2.60 bits per heavy atom. The van der Waals surface area contributed by atoms with Crippen molar-refractivity contribution in [3.8, 4) is 11.5 Å². The van der Waals surface area contributed by atoms with Gasteiger partial charge < -0.3 is 29.0 Å². The van der Waals surface area contributed by atoms with Gasteiger partial charge in [-0.3, -0.25) is 4.79 Å². The van der Waals surface area contributed by atoms with E-state index in [1.54, 1.807) is 37.1 Å². The highest BCUT2D eigenvalue weighted by Gasteiger charge is 2.32. The van der Waals surface area contributed by atoms with E-state index in [9.17, 15) is 9.59 Å². The molecule has 0 spiro atoms. The maximum absolute atomic E-state index is 12.5. The van der Waals surface area contributed by atoms with Crippen molar-refractivity contribution in [2.24, 2.45) is 0 Å². The fourth-order valence-corrected chi connectivity index (χ4v) is 2.36. The summed E-state index contributed by atoms with van der Waals surface area (Å²) in [4.78, 5) is 24.8. The third kappa shape index (κ3) is 5.33. The van der Waals surface area contributed by atoms with Gasteiger partial charge in [-0.05, 0) is 25.1 Å². The molecular formula is C17H23NO7. The fraction of sp³-hybridized carbons (Fsp3) is 0.529. The number of benzene rings is 1. The SMILES string of the molecule is CCOc1cc(C(=O)N2CC(OCCOC)C2)ccc1OCC(=O)O. The maximum Gasteiger partial charge on any atom is 0.341 e. The number of carboxylic acid groups (broad SMARTS) is 1. The van der Waals surface area contributed by atoms with Gasteiger partial charge in [-0.15, -0.1) is 0 Å². The van der Waals surface area contributed by atoms with Crippen LogP contribution in [-0.4, -0.2) is 74.6 Å². The Balaban J connectivity index is 1.96. The average molecular weight is 353 g/mol. The summed E-state index contributed by atoms with van der Waals surface area (Å²) in [6.45, 7) is 3.80. The van der Waals surface area contributed by atoms with Gasteiger partial charge in [-0.25, -0.2) is 4.79 Å². The van der Waals surface area contributed by atoms with Crippen molar-refractivity contribution in [2.45, 2.75) is 13.0 Å². The summed E-state index contributed by atoms with van der Waals surface area (Å²) in [6.07, 6.45) is 0.0311. The van der Waals surface area contributed by atoms with Crippen molar-refractivity contribution < 1.29 is 33.6 Å². The minimum Gasteiger partial charge on any atom is -0.490 e. The van der Waals surface area contributed by atoms with Crippen LogP contribution in [0.2, 0.25) is 0 Å². The molecule has 0 aliphatic carbocycles. The molecule has 1 heterocycles. The van der Waals surface area contributed by atoms with Crippen LogP contribution in [0.1, 0.15) is 17.3 Å². The van der Waals surface area contributed by atoms with Gasteiger partial charge in [0.05, 0.1) is 25.9 Å². The maximum atomic E-state index is 12.5. The zero-order valence-electron chi connectivity index (χ0n) is 14.4. The first-order chi connectivity index (χ1) is 12.0. The number of likely N-dealkylation sites (tertiary alicyclic amines) is 1. The molecule has 0 aromatic heterocycles. The van der Waals surface area contributed by atoms with Gasteiger partial charge in [-0.1, -0.05) is 0 Å². The summed E-state index contributed by atoms with van der Waals surface area (Å²) >= 11 is 0.